The summed E-state index contributed by atoms with van der Waals surface area (Å²) in [4.78, 5) is 11.2. The zero-order chi connectivity index (χ0) is 14.8. The molecule has 0 aliphatic heterocycles. The molecule has 2 N–H and O–H groups in total. The molecule has 1 fully saturated rings. The number of nitrogens with one attached hydrogen (secondary N) is 2. The monoisotopic (exact) mass is 298 g/mol. The molecule has 1 aromatic carbocycles. The molecule has 0 spiro atoms. The molecule has 7 heteroatoms. The molecule has 20 heavy (non-hydrogen) atoms. The minimum Gasteiger partial charge on any atom is -0.349 e. The van der Waals surface area contributed by atoms with E-state index in [1.807, 2.05) is 0 Å². The van der Waals surface area contributed by atoms with Crippen LogP contribution in [0.5, 0.6) is 0 Å². The van der Waals surface area contributed by atoms with Crippen molar-refractivity contribution < 1.29 is 17.6 Å². The minimum absolute atomic E-state index is 0.0874. The van der Waals surface area contributed by atoms with Crippen molar-refractivity contribution in [2.45, 2.75) is 23.8 Å². The second-order valence-corrected chi connectivity index (χ2v) is 6.22. The molecular formula is C13H15FN2O3S. The van der Waals surface area contributed by atoms with Gasteiger partial charge in [0.15, 0.2) is 0 Å². The number of sulfonamides is 1. The van der Waals surface area contributed by atoms with E-state index in [-0.39, 0.29) is 18.2 Å². The molecule has 1 aromatic rings. The van der Waals surface area contributed by atoms with Crippen LogP contribution in [0.2, 0.25) is 0 Å². The summed E-state index contributed by atoms with van der Waals surface area (Å²) < 4.78 is 40.1. The zero-order valence-corrected chi connectivity index (χ0v) is 11.5. The highest BCUT2D eigenvalue weighted by Gasteiger charge is 2.30. The van der Waals surface area contributed by atoms with Gasteiger partial charge in [-0.15, -0.1) is 6.58 Å². The summed E-state index contributed by atoms with van der Waals surface area (Å²) >= 11 is 0. The SMILES string of the molecule is C=CCNC(=O)c1ccc(F)c(S(=O)(=O)NC2CC2)c1. The van der Waals surface area contributed by atoms with Gasteiger partial charge in [0.2, 0.25) is 10.0 Å². The molecule has 1 aliphatic rings. The van der Waals surface area contributed by atoms with E-state index in [9.17, 15) is 17.6 Å². The maximum Gasteiger partial charge on any atom is 0.251 e. The Labute approximate surface area is 116 Å². The van der Waals surface area contributed by atoms with Gasteiger partial charge in [-0.25, -0.2) is 17.5 Å². The van der Waals surface area contributed by atoms with Gasteiger partial charge < -0.3 is 5.32 Å². The largest absolute Gasteiger partial charge is 0.349 e. The van der Waals surface area contributed by atoms with Gasteiger partial charge in [-0.1, -0.05) is 6.08 Å². The normalized spacial score (nSPS) is 14.8. The quantitative estimate of drug-likeness (QED) is 0.774. The third-order valence-corrected chi connectivity index (χ3v) is 4.32. The maximum atomic E-state index is 13.7. The zero-order valence-electron chi connectivity index (χ0n) is 10.7. The molecule has 0 bridgehead atoms. The summed E-state index contributed by atoms with van der Waals surface area (Å²) in [6, 6.07) is 3.13. The summed E-state index contributed by atoms with van der Waals surface area (Å²) in [6.45, 7) is 3.70. The highest BCUT2D eigenvalue weighted by atomic mass is 32.2. The van der Waals surface area contributed by atoms with Gasteiger partial charge in [0.1, 0.15) is 10.7 Å². The average molecular weight is 298 g/mol. The van der Waals surface area contributed by atoms with Gasteiger partial charge in [-0.05, 0) is 31.0 Å². The van der Waals surface area contributed by atoms with Crippen molar-refractivity contribution in [3.63, 3.8) is 0 Å². The second-order valence-electron chi connectivity index (χ2n) is 4.54. The van der Waals surface area contributed by atoms with Crippen LogP contribution in [0.1, 0.15) is 23.2 Å². The topological polar surface area (TPSA) is 75.3 Å². The van der Waals surface area contributed by atoms with Gasteiger partial charge in [-0.3, -0.25) is 4.79 Å². The number of amides is 1. The van der Waals surface area contributed by atoms with Crippen molar-refractivity contribution in [2.24, 2.45) is 0 Å². The van der Waals surface area contributed by atoms with Crippen molar-refractivity contribution >= 4 is 15.9 Å². The van der Waals surface area contributed by atoms with Crippen LogP contribution in [-0.4, -0.2) is 26.9 Å². The number of rotatable bonds is 6. The lowest BCUT2D eigenvalue weighted by Crippen LogP contribution is -2.28. The van der Waals surface area contributed by atoms with Crippen LogP contribution in [-0.2, 0) is 10.0 Å². The third-order valence-electron chi connectivity index (χ3n) is 2.79. The summed E-state index contributed by atoms with van der Waals surface area (Å²) in [5.74, 6) is -1.36. The number of carbonyl (C=O) groups excluding carboxylic acids is 1. The maximum absolute atomic E-state index is 13.7. The lowest BCUT2D eigenvalue weighted by atomic mass is 10.2. The Morgan fingerprint density at radius 3 is 2.75 bits per heavy atom. The van der Waals surface area contributed by atoms with Gasteiger partial charge in [0, 0.05) is 18.2 Å². The lowest BCUT2D eigenvalue weighted by molar-refractivity contribution is 0.0957. The number of hydrogen-bond acceptors (Lipinski definition) is 3. The first-order valence-electron chi connectivity index (χ1n) is 6.15. The van der Waals surface area contributed by atoms with Crippen LogP contribution in [0.25, 0.3) is 0 Å². The van der Waals surface area contributed by atoms with Crippen molar-refractivity contribution in [1.82, 2.24) is 10.0 Å². The Morgan fingerprint density at radius 2 is 2.15 bits per heavy atom. The van der Waals surface area contributed by atoms with Gasteiger partial charge >= 0.3 is 0 Å². The molecule has 1 aliphatic carbocycles. The van der Waals surface area contributed by atoms with Crippen LogP contribution < -0.4 is 10.0 Å². The van der Waals surface area contributed by atoms with Gasteiger partial charge in [0.25, 0.3) is 5.91 Å². The molecule has 2 rings (SSSR count). The highest BCUT2D eigenvalue weighted by Crippen LogP contribution is 2.23. The Hall–Kier alpha value is -1.73. The molecule has 0 atom stereocenters. The van der Waals surface area contributed by atoms with E-state index < -0.39 is 26.6 Å². The van der Waals surface area contributed by atoms with Crippen molar-refractivity contribution in [3.8, 4) is 0 Å². The van der Waals surface area contributed by atoms with Crippen LogP contribution in [0, 0.1) is 5.82 Å². The predicted octanol–water partition coefficient (Wildman–Crippen LogP) is 1.18. The minimum atomic E-state index is -3.93. The average Bonchev–Trinajstić information content (AvgIpc) is 3.19. The summed E-state index contributed by atoms with van der Waals surface area (Å²) in [7, 11) is -3.93. The first-order chi connectivity index (χ1) is 9.44. The Bertz CT molecular complexity index is 639. The molecule has 0 saturated heterocycles. The number of hydrogen-bond donors (Lipinski definition) is 2. The molecule has 1 saturated carbocycles. The van der Waals surface area contributed by atoms with Gasteiger partial charge in [0.05, 0.1) is 0 Å². The standard InChI is InChI=1S/C13H15FN2O3S/c1-2-7-15-13(17)9-3-6-11(14)12(8-9)20(18,19)16-10-4-5-10/h2-3,6,8,10,16H,1,4-5,7H2,(H,15,17). The van der Waals surface area contributed by atoms with Crippen LogP contribution >= 0.6 is 0 Å². The molecule has 1 amide bonds. The van der Waals surface area contributed by atoms with E-state index in [1.165, 1.54) is 12.1 Å². The van der Waals surface area contributed by atoms with Gasteiger partial charge in [-0.2, -0.15) is 0 Å². The van der Waals surface area contributed by atoms with Crippen LogP contribution in [0.3, 0.4) is 0 Å². The number of halogens is 1. The molecule has 0 radical (unpaired) electrons. The number of carbonyl (C=O) groups is 1. The molecular weight excluding hydrogens is 283 g/mol. The smallest absolute Gasteiger partial charge is 0.251 e. The van der Waals surface area contributed by atoms with E-state index in [4.69, 9.17) is 0 Å². The van der Waals surface area contributed by atoms with Crippen molar-refractivity contribution in [3.05, 3.63) is 42.2 Å². The highest BCUT2D eigenvalue weighted by molar-refractivity contribution is 7.89. The molecule has 5 nitrogen and oxygen atoms in total. The predicted molar refractivity (Wildman–Crippen MR) is 72.3 cm³/mol. The van der Waals surface area contributed by atoms with E-state index in [0.29, 0.717) is 0 Å². The molecule has 0 heterocycles. The van der Waals surface area contributed by atoms with Crippen molar-refractivity contribution in [2.75, 3.05) is 6.54 Å². The summed E-state index contributed by atoms with van der Waals surface area (Å²) in [6.07, 6.45) is 2.99. The fraction of sp³-hybridized carbons (Fsp3) is 0.308. The Balaban J connectivity index is 2.28. The van der Waals surface area contributed by atoms with Crippen LogP contribution in [0.15, 0.2) is 35.7 Å². The van der Waals surface area contributed by atoms with E-state index >= 15 is 0 Å². The Morgan fingerprint density at radius 1 is 1.45 bits per heavy atom. The molecule has 108 valence electrons. The van der Waals surface area contributed by atoms with E-state index in [1.54, 1.807) is 0 Å². The summed E-state index contributed by atoms with van der Waals surface area (Å²) in [5, 5.41) is 2.51. The number of benzene rings is 1. The van der Waals surface area contributed by atoms with Crippen LogP contribution in [0.4, 0.5) is 4.39 Å². The third kappa shape index (κ3) is 3.43. The fourth-order valence-electron chi connectivity index (χ4n) is 1.60. The van der Waals surface area contributed by atoms with E-state index in [2.05, 4.69) is 16.6 Å². The molecule has 0 unspecified atom stereocenters. The fourth-order valence-corrected chi connectivity index (χ4v) is 3.01. The first kappa shape index (κ1) is 14.7. The first-order valence-corrected chi connectivity index (χ1v) is 7.63. The van der Waals surface area contributed by atoms with E-state index in [0.717, 1.165) is 25.0 Å². The second kappa shape index (κ2) is 5.72. The Kier molecular flexibility index (Phi) is 4.20. The summed E-state index contributed by atoms with van der Waals surface area (Å²) in [5.41, 5.74) is 0.0874. The lowest BCUT2D eigenvalue weighted by Gasteiger charge is -2.09. The molecule has 0 aromatic heterocycles. The van der Waals surface area contributed by atoms with Crippen molar-refractivity contribution in [1.29, 1.82) is 0 Å².